The van der Waals surface area contributed by atoms with Crippen LogP contribution in [0, 0.1) is 6.92 Å². The largest absolute Gasteiger partial charge is 0.466 e. The lowest BCUT2D eigenvalue weighted by atomic mass is 10.0. The number of carbonyl (C=O) groups is 1. The highest BCUT2D eigenvalue weighted by Crippen LogP contribution is 2.40. The molecule has 0 aromatic carbocycles. The van der Waals surface area contributed by atoms with Gasteiger partial charge in [-0.25, -0.2) is 4.98 Å². The molecule has 1 amide bonds. The number of hydrogen-bond acceptors (Lipinski definition) is 5. The van der Waals surface area contributed by atoms with Gasteiger partial charge in [-0.15, -0.1) is 22.7 Å². The van der Waals surface area contributed by atoms with E-state index in [1.165, 1.54) is 16.2 Å². The SMILES string of the molecule is Cc1cc2c(o1)CCc1sc(N(C)C(=O)c3cccs3)nc1-2. The number of nitrogens with zero attached hydrogens (tertiary/aromatic N) is 2. The second-order valence-corrected chi connectivity index (χ2v) is 7.31. The molecule has 1 aliphatic rings. The quantitative estimate of drug-likeness (QED) is 0.709. The predicted molar refractivity (Wildman–Crippen MR) is 89.0 cm³/mol. The Bertz CT molecular complexity index is 846. The van der Waals surface area contributed by atoms with E-state index in [-0.39, 0.29) is 5.91 Å². The molecule has 3 aromatic rings. The van der Waals surface area contributed by atoms with Crippen LogP contribution in [0.2, 0.25) is 0 Å². The Morgan fingerprint density at radius 1 is 1.41 bits per heavy atom. The minimum absolute atomic E-state index is 0.00954. The van der Waals surface area contributed by atoms with Gasteiger partial charge in [-0.1, -0.05) is 6.07 Å². The Morgan fingerprint density at radius 3 is 3.05 bits per heavy atom. The highest BCUT2D eigenvalue weighted by Gasteiger charge is 2.26. The fourth-order valence-corrected chi connectivity index (χ4v) is 4.42. The summed E-state index contributed by atoms with van der Waals surface area (Å²) in [6.07, 6.45) is 1.83. The maximum Gasteiger partial charge on any atom is 0.269 e. The molecule has 0 saturated carbocycles. The zero-order valence-corrected chi connectivity index (χ0v) is 13.9. The van der Waals surface area contributed by atoms with E-state index < -0.39 is 0 Å². The number of amides is 1. The average Bonchev–Trinajstić information content (AvgIpc) is 3.22. The number of hydrogen-bond donors (Lipinski definition) is 0. The predicted octanol–water partition coefficient (Wildman–Crippen LogP) is 4.15. The minimum atomic E-state index is -0.00954. The van der Waals surface area contributed by atoms with Gasteiger partial charge in [-0.3, -0.25) is 9.69 Å². The van der Waals surface area contributed by atoms with Crippen LogP contribution in [0.25, 0.3) is 11.3 Å². The molecule has 4 nitrogen and oxygen atoms in total. The van der Waals surface area contributed by atoms with Crippen LogP contribution in [0.4, 0.5) is 5.13 Å². The summed E-state index contributed by atoms with van der Waals surface area (Å²) >= 11 is 3.05. The number of anilines is 1. The first-order valence-electron chi connectivity index (χ1n) is 7.04. The van der Waals surface area contributed by atoms with Crippen LogP contribution in [-0.4, -0.2) is 17.9 Å². The fraction of sp³-hybridized carbons (Fsp3) is 0.250. The van der Waals surface area contributed by atoms with Gasteiger partial charge in [0, 0.05) is 23.9 Å². The maximum atomic E-state index is 12.5. The summed E-state index contributed by atoms with van der Waals surface area (Å²) in [5.74, 6) is 1.91. The Kier molecular flexibility index (Phi) is 3.16. The number of furan rings is 1. The molecule has 0 spiro atoms. The van der Waals surface area contributed by atoms with E-state index >= 15 is 0 Å². The van der Waals surface area contributed by atoms with E-state index in [9.17, 15) is 4.79 Å². The van der Waals surface area contributed by atoms with E-state index in [1.807, 2.05) is 30.5 Å². The second-order valence-electron chi connectivity index (χ2n) is 5.30. The maximum absolute atomic E-state index is 12.5. The fourth-order valence-electron chi connectivity index (χ4n) is 2.69. The number of fused-ring (bicyclic) bond motifs is 3. The Hall–Kier alpha value is -1.92. The van der Waals surface area contributed by atoms with Crippen LogP contribution in [0.15, 0.2) is 28.0 Å². The van der Waals surface area contributed by atoms with Crippen molar-refractivity contribution in [3.8, 4) is 11.3 Å². The van der Waals surface area contributed by atoms with Gasteiger partial charge in [-0.05, 0) is 30.9 Å². The van der Waals surface area contributed by atoms with Crippen molar-refractivity contribution >= 4 is 33.7 Å². The number of aryl methyl sites for hydroxylation is 3. The lowest BCUT2D eigenvalue weighted by molar-refractivity contribution is 0.0997. The molecule has 4 rings (SSSR count). The van der Waals surface area contributed by atoms with E-state index in [1.54, 1.807) is 23.3 Å². The van der Waals surface area contributed by atoms with E-state index in [4.69, 9.17) is 9.40 Å². The molecule has 0 fully saturated rings. The van der Waals surface area contributed by atoms with E-state index in [0.717, 1.165) is 45.6 Å². The van der Waals surface area contributed by atoms with Crippen molar-refractivity contribution in [1.82, 2.24) is 4.98 Å². The van der Waals surface area contributed by atoms with Crippen molar-refractivity contribution in [3.05, 3.63) is 44.9 Å². The zero-order valence-electron chi connectivity index (χ0n) is 12.3. The molecular formula is C16H14N2O2S2. The molecule has 0 saturated heterocycles. The second kappa shape index (κ2) is 5.07. The minimum Gasteiger partial charge on any atom is -0.466 e. The van der Waals surface area contributed by atoms with Gasteiger partial charge < -0.3 is 4.42 Å². The molecule has 22 heavy (non-hydrogen) atoms. The highest BCUT2D eigenvalue weighted by atomic mass is 32.1. The van der Waals surface area contributed by atoms with Crippen molar-refractivity contribution in [1.29, 1.82) is 0 Å². The van der Waals surface area contributed by atoms with Crippen molar-refractivity contribution in [3.63, 3.8) is 0 Å². The van der Waals surface area contributed by atoms with Crippen molar-refractivity contribution in [2.45, 2.75) is 19.8 Å². The molecule has 1 aliphatic carbocycles. The van der Waals surface area contributed by atoms with Crippen LogP contribution in [-0.2, 0) is 12.8 Å². The van der Waals surface area contributed by atoms with E-state index in [2.05, 4.69) is 0 Å². The Morgan fingerprint density at radius 2 is 2.27 bits per heavy atom. The van der Waals surface area contributed by atoms with Crippen molar-refractivity contribution in [2.24, 2.45) is 0 Å². The normalized spacial score (nSPS) is 12.8. The lowest BCUT2D eigenvalue weighted by Crippen LogP contribution is -2.25. The molecule has 112 valence electrons. The monoisotopic (exact) mass is 330 g/mol. The van der Waals surface area contributed by atoms with Crippen molar-refractivity contribution in [2.75, 3.05) is 11.9 Å². The molecule has 3 aromatic heterocycles. The van der Waals surface area contributed by atoms with Gasteiger partial charge in [0.15, 0.2) is 5.13 Å². The molecule has 0 N–H and O–H groups in total. The van der Waals surface area contributed by atoms with E-state index in [0.29, 0.717) is 0 Å². The van der Waals surface area contributed by atoms with Gasteiger partial charge >= 0.3 is 0 Å². The molecule has 0 bridgehead atoms. The summed E-state index contributed by atoms with van der Waals surface area (Å²) in [6.45, 7) is 1.96. The van der Waals surface area contributed by atoms with Crippen LogP contribution >= 0.6 is 22.7 Å². The third kappa shape index (κ3) is 2.10. The van der Waals surface area contributed by atoms with Gasteiger partial charge in [0.05, 0.1) is 10.6 Å². The molecule has 6 heteroatoms. The topological polar surface area (TPSA) is 46.3 Å². The van der Waals surface area contributed by atoms with Crippen LogP contribution in [0.5, 0.6) is 0 Å². The highest BCUT2D eigenvalue weighted by molar-refractivity contribution is 7.16. The summed E-state index contributed by atoms with van der Waals surface area (Å²) in [7, 11) is 1.79. The molecule has 0 aliphatic heterocycles. The Balaban J connectivity index is 1.71. The summed E-state index contributed by atoms with van der Waals surface area (Å²) in [5.41, 5.74) is 2.06. The van der Waals surface area contributed by atoms with Crippen LogP contribution in [0.1, 0.15) is 26.1 Å². The van der Waals surface area contributed by atoms with Crippen LogP contribution in [0.3, 0.4) is 0 Å². The summed E-state index contributed by atoms with van der Waals surface area (Å²) < 4.78 is 5.72. The standard InChI is InChI=1S/C16H14N2O2S2/c1-9-8-10-11(20-9)5-6-12-14(10)17-16(22-12)18(2)15(19)13-4-3-7-21-13/h3-4,7-8H,5-6H2,1-2H3. The number of thiazole rings is 1. The third-order valence-electron chi connectivity index (χ3n) is 3.78. The van der Waals surface area contributed by atoms with Crippen LogP contribution < -0.4 is 4.90 Å². The molecule has 0 radical (unpaired) electrons. The van der Waals surface area contributed by atoms with Gasteiger partial charge in [-0.2, -0.15) is 0 Å². The lowest BCUT2D eigenvalue weighted by Gasteiger charge is -2.11. The number of thiophene rings is 1. The molecule has 0 atom stereocenters. The zero-order chi connectivity index (χ0) is 15.3. The first kappa shape index (κ1) is 13.7. The van der Waals surface area contributed by atoms with Gasteiger partial charge in [0.1, 0.15) is 11.5 Å². The van der Waals surface area contributed by atoms with Gasteiger partial charge in [0.2, 0.25) is 0 Å². The molecule has 0 unspecified atom stereocenters. The summed E-state index contributed by atoms with van der Waals surface area (Å²) in [6, 6.07) is 5.77. The van der Waals surface area contributed by atoms with Crippen molar-refractivity contribution < 1.29 is 9.21 Å². The first-order valence-corrected chi connectivity index (χ1v) is 8.74. The molecule has 3 heterocycles. The average molecular weight is 330 g/mol. The summed E-state index contributed by atoms with van der Waals surface area (Å²) in [4.78, 5) is 20.8. The first-order chi connectivity index (χ1) is 10.6. The third-order valence-corrected chi connectivity index (χ3v) is 5.83. The Labute approximate surface area is 136 Å². The number of carbonyl (C=O) groups excluding carboxylic acids is 1. The number of aromatic nitrogens is 1. The summed E-state index contributed by atoms with van der Waals surface area (Å²) in [5, 5.41) is 2.66. The van der Waals surface area contributed by atoms with Gasteiger partial charge in [0.25, 0.3) is 5.91 Å². The smallest absolute Gasteiger partial charge is 0.269 e. The molecular weight excluding hydrogens is 316 g/mol. The number of rotatable bonds is 2.